The van der Waals surface area contributed by atoms with Crippen molar-refractivity contribution in [3.63, 3.8) is 0 Å². The number of hydrogen-bond donors (Lipinski definition) is 0. The number of nitrogens with zero attached hydrogens (tertiary/aromatic N) is 2. The number of rotatable bonds is 14. The summed E-state index contributed by atoms with van der Waals surface area (Å²) in [6.07, 6.45) is 3.97. The van der Waals surface area contributed by atoms with Gasteiger partial charge in [-0.15, -0.1) is 0 Å². The Labute approximate surface area is 518 Å². The topological polar surface area (TPSA) is 6.48 Å². The monoisotopic (exact) mass is 1130 g/mol. The molecule has 0 saturated heterocycles. The van der Waals surface area contributed by atoms with Gasteiger partial charge in [-0.1, -0.05) is 291 Å². The van der Waals surface area contributed by atoms with E-state index in [9.17, 15) is 0 Å². The summed E-state index contributed by atoms with van der Waals surface area (Å²) in [6, 6.07) is 69.0. The number of anilines is 2. The average molecular weight is 1130 g/mol. The van der Waals surface area contributed by atoms with Gasteiger partial charge in [0.05, 0.1) is 0 Å². The first-order valence-electron chi connectivity index (χ1n) is 33.3. The van der Waals surface area contributed by atoms with Gasteiger partial charge in [0, 0.05) is 48.4 Å². The lowest BCUT2D eigenvalue weighted by molar-refractivity contribution is 0.519. The van der Waals surface area contributed by atoms with Crippen LogP contribution in [0.25, 0.3) is 22.3 Å². The normalized spacial score (nSPS) is 11.4. The van der Waals surface area contributed by atoms with Gasteiger partial charge in [-0.2, -0.15) is 0 Å². The summed E-state index contributed by atoms with van der Waals surface area (Å²) >= 11 is 0. The van der Waals surface area contributed by atoms with E-state index in [0.29, 0.717) is 0 Å². The van der Waals surface area contributed by atoms with Crippen LogP contribution in [0.4, 0.5) is 11.4 Å². The Morgan fingerprint density at radius 2 is 0.536 bits per heavy atom. The van der Waals surface area contributed by atoms with E-state index in [1.807, 2.05) is 111 Å². The van der Waals surface area contributed by atoms with Crippen LogP contribution in [0.15, 0.2) is 182 Å². The molecule has 456 valence electrons. The quantitative estimate of drug-likeness (QED) is 0.107. The number of benzene rings is 8. The maximum Gasteiger partial charge on any atom is 0.0369 e. The Balaban J connectivity index is 0.000000679. The van der Waals surface area contributed by atoms with E-state index >= 15 is 0 Å². The van der Waals surface area contributed by atoms with Crippen LogP contribution in [0, 0.1) is 27.7 Å². The molecule has 84 heavy (non-hydrogen) atoms. The molecule has 0 amide bonds. The zero-order valence-electron chi connectivity index (χ0n) is 57.9. The van der Waals surface area contributed by atoms with Crippen molar-refractivity contribution < 1.29 is 0 Å². The van der Waals surface area contributed by atoms with Crippen molar-refractivity contribution in [2.75, 3.05) is 36.0 Å². The number of hydrogen-bond acceptors (Lipinski definition) is 2. The zero-order valence-corrected chi connectivity index (χ0v) is 57.9. The Bertz CT molecular complexity index is 2910. The van der Waals surface area contributed by atoms with E-state index in [4.69, 9.17) is 0 Å². The number of aryl methyl sites for hydroxylation is 4. The van der Waals surface area contributed by atoms with Gasteiger partial charge < -0.3 is 9.80 Å². The van der Waals surface area contributed by atoms with Gasteiger partial charge in [-0.05, 0) is 172 Å². The zero-order chi connectivity index (χ0) is 63.4. The van der Waals surface area contributed by atoms with Crippen molar-refractivity contribution in [1.29, 1.82) is 0 Å². The van der Waals surface area contributed by atoms with Gasteiger partial charge in [0.2, 0.25) is 0 Å². The first kappa shape index (κ1) is 75.4. The lowest BCUT2D eigenvalue weighted by Crippen LogP contribution is -2.32. The maximum atomic E-state index is 2.49. The van der Waals surface area contributed by atoms with E-state index in [1.54, 1.807) is 0 Å². The fourth-order valence-corrected chi connectivity index (χ4v) is 11.8. The molecular formula is C82H118N2. The SMILES string of the molecule is CC.CC.CC.CC.CC.CC.CC.CC.CCN(CC)c1ccc2c(c1)C(Cc1ccc(C)cc1)(Cc1ccc(C)cc1)c1ccccc1-2.CCN(CC)c1ccc2c(c1)C(Cc1cccc(C)c1)(Cc1cccc(C)c1)c1ccccc1-2. The Morgan fingerprint density at radius 3 is 0.833 bits per heavy atom. The van der Waals surface area contributed by atoms with Crippen molar-refractivity contribution >= 4 is 11.4 Å². The molecule has 0 bridgehead atoms. The standard InChI is InChI=1S/2C33H35N.8C2H6/c1-5-34(6-2)28-17-18-30-29-15-7-8-16-31(29)33(32(30)21-28,22-26-13-9-11-24(3)19-26)23-27-14-10-12-25(4)20-27;1-5-34(6-2)28-19-20-30-29-9-7-8-10-31(29)33(32(30)21-28,22-26-15-11-24(3)12-16-26)23-27-17-13-25(4)14-18-27;8*1-2/h2*7-21H,5-6,22-23H2,1-4H3;8*1-2H3. The van der Waals surface area contributed by atoms with Crippen molar-refractivity contribution in [3.8, 4) is 22.3 Å². The molecule has 2 aliphatic carbocycles. The summed E-state index contributed by atoms with van der Waals surface area (Å²) in [7, 11) is 0. The first-order chi connectivity index (χ1) is 41.1. The van der Waals surface area contributed by atoms with Crippen LogP contribution in [-0.4, -0.2) is 26.2 Å². The van der Waals surface area contributed by atoms with Gasteiger partial charge in [0.1, 0.15) is 0 Å². The second kappa shape index (κ2) is 40.6. The molecule has 2 nitrogen and oxygen atoms in total. The predicted octanol–water partition coefficient (Wildman–Crippen LogP) is 24.0. The highest BCUT2D eigenvalue weighted by Gasteiger charge is 2.45. The summed E-state index contributed by atoms with van der Waals surface area (Å²) in [5.41, 5.74) is 24.8. The second-order valence-electron chi connectivity index (χ2n) is 19.7. The summed E-state index contributed by atoms with van der Waals surface area (Å²) in [4.78, 5) is 4.93. The molecule has 10 rings (SSSR count). The van der Waals surface area contributed by atoms with Crippen molar-refractivity contribution in [3.05, 3.63) is 249 Å². The molecule has 0 aromatic heterocycles. The smallest absolute Gasteiger partial charge is 0.0369 e. The predicted molar refractivity (Wildman–Crippen MR) is 383 cm³/mol. The Hall–Kier alpha value is -6.64. The summed E-state index contributed by atoms with van der Waals surface area (Å²) in [6.45, 7) is 53.8. The van der Waals surface area contributed by atoms with E-state index < -0.39 is 0 Å². The van der Waals surface area contributed by atoms with Gasteiger partial charge in [-0.3, -0.25) is 0 Å². The first-order valence-corrected chi connectivity index (χ1v) is 33.3. The minimum Gasteiger partial charge on any atom is -0.372 e. The minimum absolute atomic E-state index is 0.0976. The van der Waals surface area contributed by atoms with Crippen molar-refractivity contribution in [1.82, 2.24) is 0 Å². The lowest BCUT2D eigenvalue weighted by Gasteiger charge is -2.34. The average Bonchev–Trinajstić information content (AvgIpc) is 1.68. The van der Waals surface area contributed by atoms with Crippen LogP contribution in [0.3, 0.4) is 0 Å². The molecule has 0 spiro atoms. The molecule has 0 fully saturated rings. The Kier molecular flexibility index (Phi) is 36.4. The second-order valence-corrected chi connectivity index (χ2v) is 19.7. The maximum absolute atomic E-state index is 2.49. The van der Waals surface area contributed by atoms with Crippen LogP contribution in [-0.2, 0) is 36.5 Å². The molecule has 0 radical (unpaired) electrons. The minimum atomic E-state index is -0.101. The molecule has 0 N–H and O–H groups in total. The lowest BCUT2D eigenvalue weighted by atomic mass is 9.69. The fourth-order valence-electron chi connectivity index (χ4n) is 11.8. The summed E-state index contributed by atoms with van der Waals surface area (Å²) in [5.74, 6) is 0. The Morgan fingerprint density at radius 1 is 0.250 bits per heavy atom. The van der Waals surface area contributed by atoms with E-state index in [-0.39, 0.29) is 10.8 Å². The van der Waals surface area contributed by atoms with Crippen LogP contribution in [0.1, 0.15) is 205 Å². The van der Waals surface area contributed by atoms with Crippen LogP contribution in [0.5, 0.6) is 0 Å². The largest absolute Gasteiger partial charge is 0.372 e. The van der Waals surface area contributed by atoms with Crippen LogP contribution < -0.4 is 9.80 Å². The van der Waals surface area contributed by atoms with Crippen LogP contribution >= 0.6 is 0 Å². The van der Waals surface area contributed by atoms with E-state index in [1.165, 1.54) is 100 Å². The molecule has 8 aromatic carbocycles. The third-order valence-corrected chi connectivity index (χ3v) is 15.2. The molecule has 0 saturated carbocycles. The van der Waals surface area contributed by atoms with Gasteiger partial charge in [-0.25, -0.2) is 0 Å². The van der Waals surface area contributed by atoms with Gasteiger partial charge >= 0.3 is 0 Å². The van der Waals surface area contributed by atoms with Gasteiger partial charge in [0.25, 0.3) is 0 Å². The molecular weight excluding hydrogens is 1010 g/mol. The van der Waals surface area contributed by atoms with E-state index in [2.05, 4.69) is 247 Å². The fraction of sp³-hybridized carbons (Fsp3) is 0.415. The molecule has 8 aromatic rings. The highest BCUT2D eigenvalue weighted by atomic mass is 15.1. The van der Waals surface area contributed by atoms with Crippen molar-refractivity contribution in [2.45, 2.75) is 203 Å². The van der Waals surface area contributed by atoms with Crippen LogP contribution in [0.2, 0.25) is 0 Å². The molecule has 0 aliphatic heterocycles. The molecule has 0 atom stereocenters. The highest BCUT2D eigenvalue weighted by molar-refractivity contribution is 5.85. The van der Waals surface area contributed by atoms with Gasteiger partial charge in [0.15, 0.2) is 0 Å². The third kappa shape index (κ3) is 18.7. The molecule has 2 heteroatoms. The third-order valence-electron chi connectivity index (χ3n) is 15.2. The molecule has 0 heterocycles. The summed E-state index contributed by atoms with van der Waals surface area (Å²) < 4.78 is 0. The molecule has 2 aliphatic rings. The van der Waals surface area contributed by atoms with E-state index in [0.717, 1.165) is 51.9 Å². The highest BCUT2D eigenvalue weighted by Crippen LogP contribution is 2.55. The number of fused-ring (bicyclic) bond motifs is 6. The molecule has 0 unspecified atom stereocenters. The van der Waals surface area contributed by atoms with Crippen molar-refractivity contribution in [2.24, 2.45) is 0 Å². The summed E-state index contributed by atoms with van der Waals surface area (Å²) in [5, 5.41) is 0.